The average Bonchev–Trinajstić information content (AvgIpc) is 2.70. The van der Waals surface area contributed by atoms with Gasteiger partial charge in [-0.15, -0.1) is 0 Å². The second kappa shape index (κ2) is 12.3. The third-order valence-corrected chi connectivity index (χ3v) is 4.62. The zero-order valence-electron chi connectivity index (χ0n) is 18.4. The van der Waals surface area contributed by atoms with Crippen LogP contribution in [0.25, 0.3) is 11.1 Å². The molecule has 4 heteroatoms. The Kier molecular flexibility index (Phi) is 10.5. The highest BCUT2D eigenvalue weighted by Crippen LogP contribution is 2.34. The molecule has 3 N–H and O–H groups in total. The van der Waals surface area contributed by atoms with Crippen molar-refractivity contribution in [2.75, 3.05) is 18.5 Å². The van der Waals surface area contributed by atoms with Crippen molar-refractivity contribution in [3.63, 3.8) is 0 Å². The van der Waals surface area contributed by atoms with Crippen LogP contribution in [0.3, 0.4) is 0 Å². The van der Waals surface area contributed by atoms with E-state index in [9.17, 15) is 4.79 Å². The number of carbonyl (C=O) groups is 1. The topological polar surface area (TPSA) is 58.4 Å². The van der Waals surface area contributed by atoms with Crippen LogP contribution in [0.15, 0.2) is 42.5 Å². The quantitative estimate of drug-likeness (QED) is 0.804. The Bertz CT molecular complexity index is 725. The van der Waals surface area contributed by atoms with Crippen molar-refractivity contribution in [1.82, 2.24) is 5.32 Å². The van der Waals surface area contributed by atoms with Crippen LogP contribution in [0, 0.1) is 0 Å². The van der Waals surface area contributed by atoms with Crippen molar-refractivity contribution in [3.05, 3.63) is 53.6 Å². The molecule has 0 aliphatic carbocycles. The summed E-state index contributed by atoms with van der Waals surface area (Å²) in [5, 5.41) is 3.17. The first-order valence-electron chi connectivity index (χ1n) is 10.4. The smallest absolute Gasteiger partial charge is 0.224 e. The van der Waals surface area contributed by atoms with Crippen molar-refractivity contribution < 1.29 is 4.79 Å². The van der Waals surface area contributed by atoms with Crippen LogP contribution in [-0.4, -0.2) is 25.5 Å². The van der Waals surface area contributed by atoms with E-state index in [0.29, 0.717) is 0 Å². The number of aryl methyl sites for hydroxylation is 1. The van der Waals surface area contributed by atoms with E-state index >= 15 is 0 Å². The van der Waals surface area contributed by atoms with Gasteiger partial charge in [-0.05, 0) is 67.7 Å². The maximum absolute atomic E-state index is 11.9. The average molecular weight is 384 g/mol. The fourth-order valence-corrected chi connectivity index (χ4v) is 3.43. The molecule has 0 saturated carbocycles. The third kappa shape index (κ3) is 6.18. The lowest BCUT2D eigenvalue weighted by Gasteiger charge is -2.34. The number of rotatable bonds is 3. The minimum absolute atomic E-state index is 0.127. The van der Waals surface area contributed by atoms with Gasteiger partial charge in [0.15, 0.2) is 0 Å². The number of anilines is 1. The van der Waals surface area contributed by atoms with Gasteiger partial charge in [-0.25, -0.2) is 0 Å². The molecule has 1 heterocycles. The largest absolute Gasteiger partial charge is 0.331 e. The zero-order valence-corrected chi connectivity index (χ0v) is 18.4. The fraction of sp³-hybridized carbons (Fsp3) is 0.458. The van der Waals surface area contributed by atoms with E-state index < -0.39 is 0 Å². The van der Waals surface area contributed by atoms with Gasteiger partial charge in [0.25, 0.3) is 0 Å². The molecule has 0 fully saturated rings. The zero-order chi connectivity index (χ0) is 21.1. The molecule has 28 heavy (non-hydrogen) atoms. The van der Waals surface area contributed by atoms with Crippen molar-refractivity contribution in [3.8, 4) is 11.1 Å². The molecule has 2 aromatic carbocycles. The van der Waals surface area contributed by atoms with Gasteiger partial charge in [0.1, 0.15) is 0 Å². The SMILES string of the molecule is CC.CCN.CNCc1ccc(-c2ccc3c(c2)CC[C@H](C)N3C(C)=O)cc1. The Hall–Kier alpha value is -2.17. The number of fused-ring (bicyclic) bond motifs is 1. The van der Waals surface area contributed by atoms with Gasteiger partial charge in [0.2, 0.25) is 5.91 Å². The molecule has 1 atom stereocenters. The molecule has 0 radical (unpaired) electrons. The van der Waals surface area contributed by atoms with Crippen LogP contribution in [0.1, 0.15) is 52.2 Å². The fourth-order valence-electron chi connectivity index (χ4n) is 3.43. The number of nitrogens with two attached hydrogens (primary N) is 1. The first-order valence-corrected chi connectivity index (χ1v) is 10.4. The van der Waals surface area contributed by atoms with Crippen LogP contribution in [-0.2, 0) is 17.8 Å². The third-order valence-electron chi connectivity index (χ3n) is 4.62. The van der Waals surface area contributed by atoms with E-state index in [1.807, 2.05) is 32.7 Å². The van der Waals surface area contributed by atoms with Crippen LogP contribution >= 0.6 is 0 Å². The van der Waals surface area contributed by atoms with Gasteiger partial charge >= 0.3 is 0 Å². The first-order chi connectivity index (χ1) is 13.5. The monoisotopic (exact) mass is 383 g/mol. The predicted molar refractivity (Wildman–Crippen MR) is 122 cm³/mol. The van der Waals surface area contributed by atoms with Crippen LogP contribution in [0.2, 0.25) is 0 Å². The number of hydrogen-bond donors (Lipinski definition) is 2. The summed E-state index contributed by atoms with van der Waals surface area (Å²) in [4.78, 5) is 13.9. The van der Waals surface area contributed by atoms with Crippen LogP contribution in [0.4, 0.5) is 5.69 Å². The summed E-state index contributed by atoms with van der Waals surface area (Å²) < 4.78 is 0. The van der Waals surface area contributed by atoms with Gasteiger partial charge in [0, 0.05) is 25.2 Å². The second-order valence-electron chi connectivity index (χ2n) is 6.76. The number of nitrogens with one attached hydrogen (secondary N) is 1. The normalized spacial score (nSPS) is 14.8. The summed E-state index contributed by atoms with van der Waals surface area (Å²) in [6, 6.07) is 15.4. The Morgan fingerprint density at radius 2 is 1.71 bits per heavy atom. The summed E-state index contributed by atoms with van der Waals surface area (Å²) in [6.07, 6.45) is 2.06. The number of benzene rings is 2. The highest BCUT2D eigenvalue weighted by molar-refractivity contribution is 5.94. The molecule has 3 rings (SSSR count). The molecule has 1 aliphatic heterocycles. The van der Waals surface area contributed by atoms with E-state index in [4.69, 9.17) is 5.73 Å². The number of nitrogens with zero attached hydrogens (tertiary/aromatic N) is 1. The van der Waals surface area contributed by atoms with Gasteiger partial charge in [-0.2, -0.15) is 0 Å². The summed E-state index contributed by atoms with van der Waals surface area (Å²) in [5.41, 5.74) is 10.9. The molecule has 154 valence electrons. The summed E-state index contributed by atoms with van der Waals surface area (Å²) >= 11 is 0. The van der Waals surface area contributed by atoms with E-state index in [2.05, 4.69) is 54.7 Å². The van der Waals surface area contributed by atoms with Crippen molar-refractivity contribution in [2.45, 2.75) is 60.0 Å². The Morgan fingerprint density at radius 3 is 2.25 bits per heavy atom. The van der Waals surface area contributed by atoms with E-state index in [1.54, 1.807) is 6.92 Å². The van der Waals surface area contributed by atoms with Gasteiger partial charge in [-0.3, -0.25) is 4.79 Å². The van der Waals surface area contributed by atoms with Gasteiger partial charge in [-0.1, -0.05) is 51.1 Å². The molecule has 2 aromatic rings. The predicted octanol–water partition coefficient (Wildman–Crippen LogP) is 4.75. The summed E-state index contributed by atoms with van der Waals surface area (Å²) in [7, 11) is 1.96. The highest BCUT2D eigenvalue weighted by Gasteiger charge is 2.26. The molecule has 4 nitrogen and oxygen atoms in total. The highest BCUT2D eigenvalue weighted by atomic mass is 16.2. The number of carbonyl (C=O) groups excluding carboxylic acids is 1. The van der Waals surface area contributed by atoms with Crippen molar-refractivity contribution >= 4 is 11.6 Å². The molecule has 0 aromatic heterocycles. The maximum Gasteiger partial charge on any atom is 0.224 e. The number of hydrogen-bond acceptors (Lipinski definition) is 3. The Balaban J connectivity index is 0.000000717. The van der Waals surface area contributed by atoms with Gasteiger partial charge < -0.3 is 16.0 Å². The molecule has 0 unspecified atom stereocenters. The van der Waals surface area contributed by atoms with Crippen LogP contribution in [0.5, 0.6) is 0 Å². The molecule has 1 amide bonds. The van der Waals surface area contributed by atoms with E-state index in [1.165, 1.54) is 22.3 Å². The lowest BCUT2D eigenvalue weighted by Crippen LogP contribution is -2.40. The summed E-state index contributed by atoms with van der Waals surface area (Å²) in [5.74, 6) is 0.127. The second-order valence-corrected chi connectivity index (χ2v) is 6.76. The molecular weight excluding hydrogens is 346 g/mol. The molecule has 1 aliphatic rings. The molecule has 0 bridgehead atoms. The standard InChI is InChI=1S/C20H24N2O.C2H7N.C2H6/c1-14-4-7-19-12-18(10-11-20(19)22(14)15(2)23)17-8-5-16(6-9-17)13-21-3;1-2-3;1-2/h5-6,8-12,14,21H,4,7,13H2,1-3H3;2-3H2,1H3;1-2H3/t14-;;/m0../s1. The molecular formula is C24H37N3O. The Labute approximate surface area is 171 Å². The van der Waals surface area contributed by atoms with Crippen LogP contribution < -0.4 is 16.0 Å². The van der Waals surface area contributed by atoms with Crippen molar-refractivity contribution in [2.24, 2.45) is 5.73 Å². The lowest BCUT2D eigenvalue weighted by atomic mass is 9.93. The minimum Gasteiger partial charge on any atom is -0.331 e. The molecule has 0 spiro atoms. The summed E-state index contributed by atoms with van der Waals surface area (Å²) in [6.45, 7) is 11.3. The van der Waals surface area contributed by atoms with E-state index in [-0.39, 0.29) is 11.9 Å². The maximum atomic E-state index is 11.9. The lowest BCUT2D eigenvalue weighted by molar-refractivity contribution is -0.117. The molecule has 0 saturated heterocycles. The first kappa shape index (κ1) is 23.9. The van der Waals surface area contributed by atoms with E-state index in [0.717, 1.165) is 31.6 Å². The number of amides is 1. The minimum atomic E-state index is 0.127. The van der Waals surface area contributed by atoms with Gasteiger partial charge in [0.05, 0.1) is 0 Å². The van der Waals surface area contributed by atoms with Crippen molar-refractivity contribution in [1.29, 1.82) is 0 Å². The Morgan fingerprint density at radius 1 is 1.14 bits per heavy atom.